The highest BCUT2D eigenvalue weighted by molar-refractivity contribution is 7.89. The minimum absolute atomic E-state index is 0.0127. The van der Waals surface area contributed by atoms with Crippen LogP contribution in [0.5, 0.6) is 0 Å². The molecule has 0 aliphatic carbocycles. The molecule has 110 valence electrons. The van der Waals surface area contributed by atoms with Crippen molar-refractivity contribution in [3.63, 3.8) is 0 Å². The zero-order chi connectivity index (χ0) is 15.3. The number of sulfonamides is 1. The zero-order valence-corrected chi connectivity index (χ0v) is 12.8. The quantitative estimate of drug-likeness (QED) is 0.607. The molecule has 0 atom stereocenters. The second-order valence-corrected chi connectivity index (χ2v) is 6.53. The van der Waals surface area contributed by atoms with Crippen molar-refractivity contribution in [3.05, 3.63) is 29.8 Å². The Bertz CT molecular complexity index is 614. The van der Waals surface area contributed by atoms with Gasteiger partial charge in [0.05, 0.1) is 18.4 Å². The minimum atomic E-state index is -3.69. The molecule has 0 radical (unpaired) electrons. The van der Waals surface area contributed by atoms with Crippen LogP contribution in [-0.2, 0) is 19.6 Å². The SMILES string of the molecule is COC(=O)CCN(C)S(=O)(=O)c1cccc(C(N)=S)c1. The van der Waals surface area contributed by atoms with E-state index >= 15 is 0 Å². The second-order valence-electron chi connectivity index (χ2n) is 4.04. The third kappa shape index (κ3) is 3.99. The van der Waals surface area contributed by atoms with Crippen LogP contribution >= 0.6 is 12.2 Å². The maximum atomic E-state index is 12.3. The summed E-state index contributed by atoms with van der Waals surface area (Å²) in [6.07, 6.45) is -0.0127. The van der Waals surface area contributed by atoms with E-state index in [0.717, 1.165) is 4.31 Å². The molecule has 6 nitrogen and oxygen atoms in total. The molecule has 2 N–H and O–H groups in total. The van der Waals surface area contributed by atoms with Crippen LogP contribution in [0, 0.1) is 0 Å². The van der Waals surface area contributed by atoms with Crippen molar-refractivity contribution in [2.45, 2.75) is 11.3 Å². The molecular weight excluding hydrogens is 300 g/mol. The predicted octanol–water partition coefficient (Wildman–Crippen LogP) is 0.504. The van der Waals surface area contributed by atoms with E-state index in [1.165, 1.54) is 26.3 Å². The van der Waals surface area contributed by atoms with Crippen molar-refractivity contribution in [2.24, 2.45) is 5.73 Å². The first kappa shape index (κ1) is 16.5. The predicted molar refractivity (Wildman–Crippen MR) is 78.8 cm³/mol. The van der Waals surface area contributed by atoms with Gasteiger partial charge < -0.3 is 10.5 Å². The summed E-state index contributed by atoms with van der Waals surface area (Å²) in [5.74, 6) is -0.469. The lowest BCUT2D eigenvalue weighted by molar-refractivity contribution is -0.140. The van der Waals surface area contributed by atoms with Crippen LogP contribution in [0.25, 0.3) is 0 Å². The number of nitrogens with zero attached hydrogens (tertiary/aromatic N) is 1. The van der Waals surface area contributed by atoms with Crippen LogP contribution < -0.4 is 5.73 Å². The normalized spacial score (nSPS) is 11.3. The van der Waals surface area contributed by atoms with Crippen molar-refractivity contribution in [2.75, 3.05) is 20.7 Å². The third-order valence-corrected chi connectivity index (χ3v) is 4.77. The van der Waals surface area contributed by atoms with Gasteiger partial charge in [-0.25, -0.2) is 12.7 Å². The number of carbonyl (C=O) groups excluding carboxylic acids is 1. The lowest BCUT2D eigenvalue weighted by Crippen LogP contribution is -2.29. The van der Waals surface area contributed by atoms with Gasteiger partial charge in [0.15, 0.2) is 0 Å². The summed E-state index contributed by atoms with van der Waals surface area (Å²) in [4.78, 5) is 11.2. The maximum absolute atomic E-state index is 12.3. The molecule has 0 fully saturated rings. The first-order valence-electron chi connectivity index (χ1n) is 5.72. The first-order chi connectivity index (χ1) is 9.28. The summed E-state index contributed by atoms with van der Waals surface area (Å²) in [5.41, 5.74) is 5.95. The molecule has 0 aliphatic heterocycles. The maximum Gasteiger partial charge on any atom is 0.306 e. The summed E-state index contributed by atoms with van der Waals surface area (Å²) in [5, 5.41) is 0. The van der Waals surface area contributed by atoms with Crippen LogP contribution in [0.3, 0.4) is 0 Å². The Morgan fingerprint density at radius 1 is 1.45 bits per heavy atom. The number of nitrogens with two attached hydrogens (primary N) is 1. The Labute approximate surface area is 123 Å². The van der Waals surface area contributed by atoms with Crippen LogP contribution in [0.2, 0.25) is 0 Å². The molecule has 0 unspecified atom stereocenters. The van der Waals surface area contributed by atoms with Gasteiger partial charge in [-0.2, -0.15) is 0 Å². The van der Waals surface area contributed by atoms with Gasteiger partial charge in [0, 0.05) is 19.2 Å². The largest absolute Gasteiger partial charge is 0.469 e. The third-order valence-electron chi connectivity index (χ3n) is 2.69. The number of hydrogen-bond donors (Lipinski definition) is 1. The molecule has 0 aromatic heterocycles. The molecule has 0 bridgehead atoms. The summed E-state index contributed by atoms with van der Waals surface area (Å²) in [7, 11) is -1.04. The zero-order valence-electron chi connectivity index (χ0n) is 11.2. The monoisotopic (exact) mass is 316 g/mol. The molecule has 0 saturated carbocycles. The Balaban J connectivity index is 2.95. The number of hydrogen-bond acceptors (Lipinski definition) is 5. The van der Waals surface area contributed by atoms with E-state index in [4.69, 9.17) is 18.0 Å². The van der Waals surface area contributed by atoms with Crippen molar-refractivity contribution in [1.29, 1.82) is 0 Å². The van der Waals surface area contributed by atoms with Crippen molar-refractivity contribution in [3.8, 4) is 0 Å². The molecule has 1 aromatic carbocycles. The van der Waals surface area contributed by atoms with Gasteiger partial charge in [-0.15, -0.1) is 0 Å². The Kier molecular flexibility index (Phi) is 5.61. The Hall–Kier alpha value is -1.51. The smallest absolute Gasteiger partial charge is 0.306 e. The second kappa shape index (κ2) is 6.78. The molecule has 20 heavy (non-hydrogen) atoms. The molecule has 0 aliphatic rings. The minimum Gasteiger partial charge on any atom is -0.469 e. The van der Waals surface area contributed by atoms with Crippen LogP contribution in [-0.4, -0.2) is 44.4 Å². The van der Waals surface area contributed by atoms with Gasteiger partial charge in [-0.3, -0.25) is 4.79 Å². The molecule has 1 aromatic rings. The van der Waals surface area contributed by atoms with E-state index in [0.29, 0.717) is 5.56 Å². The fourth-order valence-electron chi connectivity index (χ4n) is 1.46. The van der Waals surface area contributed by atoms with Crippen molar-refractivity contribution in [1.82, 2.24) is 4.31 Å². The summed E-state index contributed by atoms with van der Waals surface area (Å²) in [6.45, 7) is 0.0340. The average Bonchev–Trinajstić information content (AvgIpc) is 2.44. The topological polar surface area (TPSA) is 89.7 Å². The Morgan fingerprint density at radius 3 is 2.65 bits per heavy atom. The molecule has 0 amide bonds. The lowest BCUT2D eigenvalue weighted by atomic mass is 10.2. The molecular formula is C12H16N2O4S2. The summed E-state index contributed by atoms with van der Waals surface area (Å²) in [6, 6.07) is 6.06. The standard InChI is InChI=1S/C12H16N2O4S2/c1-14(7-6-11(15)18-2)20(16,17)10-5-3-4-9(8-10)12(13)19/h3-5,8H,6-7H2,1-2H3,(H2,13,19). The summed E-state index contributed by atoms with van der Waals surface area (Å²) >= 11 is 4.82. The van der Waals surface area contributed by atoms with Gasteiger partial charge in [-0.1, -0.05) is 24.4 Å². The highest BCUT2D eigenvalue weighted by atomic mass is 32.2. The molecule has 0 saturated heterocycles. The Morgan fingerprint density at radius 2 is 2.10 bits per heavy atom. The molecule has 0 spiro atoms. The van der Waals surface area contributed by atoms with Crippen LogP contribution in [0.15, 0.2) is 29.2 Å². The van der Waals surface area contributed by atoms with Gasteiger partial charge in [0.25, 0.3) is 0 Å². The van der Waals surface area contributed by atoms with Crippen LogP contribution in [0.1, 0.15) is 12.0 Å². The van der Waals surface area contributed by atoms with E-state index in [-0.39, 0.29) is 22.8 Å². The van der Waals surface area contributed by atoms with Gasteiger partial charge in [-0.05, 0) is 12.1 Å². The van der Waals surface area contributed by atoms with Crippen molar-refractivity contribution < 1.29 is 17.9 Å². The van der Waals surface area contributed by atoms with Crippen molar-refractivity contribution >= 4 is 33.2 Å². The summed E-state index contributed by atoms with van der Waals surface area (Å²) < 4.78 is 30.2. The van der Waals surface area contributed by atoms with E-state index < -0.39 is 16.0 Å². The van der Waals surface area contributed by atoms with E-state index in [2.05, 4.69) is 4.74 Å². The molecule has 0 heterocycles. The number of esters is 1. The van der Waals surface area contributed by atoms with E-state index in [1.807, 2.05) is 0 Å². The lowest BCUT2D eigenvalue weighted by Gasteiger charge is -2.17. The molecule has 8 heteroatoms. The van der Waals surface area contributed by atoms with Crippen LogP contribution in [0.4, 0.5) is 0 Å². The number of ether oxygens (including phenoxy) is 1. The molecule has 1 rings (SSSR count). The highest BCUT2D eigenvalue weighted by Gasteiger charge is 2.21. The fraction of sp³-hybridized carbons (Fsp3) is 0.333. The highest BCUT2D eigenvalue weighted by Crippen LogP contribution is 2.16. The van der Waals surface area contributed by atoms with Gasteiger partial charge >= 0.3 is 5.97 Å². The first-order valence-corrected chi connectivity index (χ1v) is 7.57. The number of methoxy groups -OCH3 is 1. The number of benzene rings is 1. The number of rotatable bonds is 6. The fourth-order valence-corrected chi connectivity index (χ4v) is 2.81. The van der Waals surface area contributed by atoms with Gasteiger partial charge in [0.1, 0.15) is 4.99 Å². The number of carbonyl (C=O) groups is 1. The average molecular weight is 316 g/mol. The van der Waals surface area contributed by atoms with E-state index in [1.54, 1.807) is 12.1 Å². The number of thiocarbonyl (C=S) groups is 1. The van der Waals surface area contributed by atoms with E-state index in [9.17, 15) is 13.2 Å². The van der Waals surface area contributed by atoms with Gasteiger partial charge in [0.2, 0.25) is 10.0 Å².